The number of hydrogen-bond acceptors (Lipinski definition) is 8. The van der Waals surface area contributed by atoms with E-state index in [1.807, 2.05) is 5.32 Å². The average Bonchev–Trinajstić information content (AvgIpc) is 2.66. The van der Waals surface area contributed by atoms with Crippen LogP contribution in [0.3, 0.4) is 0 Å². The molecule has 182 valence electrons. The van der Waals surface area contributed by atoms with Gasteiger partial charge in [-0.1, -0.05) is 20.3 Å². The molecule has 0 rings (SSSR count). The van der Waals surface area contributed by atoms with Crippen molar-refractivity contribution in [2.75, 3.05) is 0 Å². The Kier molecular flexibility index (Phi) is 11.9. The van der Waals surface area contributed by atoms with E-state index in [-0.39, 0.29) is 0 Å². The molecule has 0 spiro atoms. The van der Waals surface area contributed by atoms with Crippen LogP contribution < -0.4 is 21.7 Å². The van der Waals surface area contributed by atoms with Gasteiger partial charge < -0.3 is 42.1 Å². The number of aliphatic hydroxyl groups is 1. The Hall–Kier alpha value is -3.26. The number of aliphatic hydroxyl groups excluding tert-OH is 1. The molecular weight excluding hydrogens is 432 g/mol. The van der Waals surface area contributed by atoms with E-state index in [2.05, 4.69) is 10.6 Å². The van der Waals surface area contributed by atoms with Gasteiger partial charge in [-0.3, -0.25) is 24.0 Å². The molecule has 32 heavy (non-hydrogen) atoms. The fourth-order valence-corrected chi connectivity index (χ4v) is 2.53. The van der Waals surface area contributed by atoms with Gasteiger partial charge in [0.15, 0.2) is 0 Å². The minimum Gasteiger partial charge on any atom is -0.481 e. The van der Waals surface area contributed by atoms with Crippen LogP contribution in [0.25, 0.3) is 0 Å². The number of nitrogens with two attached hydrogens (primary N) is 1. The molecule has 0 aliphatic rings. The monoisotopic (exact) mass is 462 g/mol. The predicted molar refractivity (Wildman–Crippen MR) is 107 cm³/mol. The molecule has 0 aromatic rings. The van der Waals surface area contributed by atoms with Gasteiger partial charge in [0.25, 0.3) is 0 Å². The van der Waals surface area contributed by atoms with Gasteiger partial charge in [0, 0.05) is 0 Å². The molecule has 0 aliphatic carbocycles. The Morgan fingerprint density at radius 2 is 1.28 bits per heavy atom. The summed E-state index contributed by atoms with van der Waals surface area (Å²) in [5.74, 6) is -8.04. The summed E-state index contributed by atoms with van der Waals surface area (Å²) in [6.07, 6.45) is -2.81. The van der Waals surface area contributed by atoms with Gasteiger partial charge in [0.05, 0.1) is 25.0 Å². The van der Waals surface area contributed by atoms with Gasteiger partial charge in [-0.15, -0.1) is 0 Å². The van der Waals surface area contributed by atoms with Gasteiger partial charge in [-0.25, -0.2) is 4.79 Å². The van der Waals surface area contributed by atoms with Crippen LogP contribution in [0, 0.1) is 5.92 Å². The topological polar surface area (TPSA) is 245 Å². The molecule has 0 fully saturated rings. The van der Waals surface area contributed by atoms with Gasteiger partial charge in [0.2, 0.25) is 17.7 Å². The zero-order chi connectivity index (χ0) is 25.2. The van der Waals surface area contributed by atoms with E-state index >= 15 is 0 Å². The van der Waals surface area contributed by atoms with Crippen molar-refractivity contribution in [1.29, 1.82) is 0 Å². The number of carboxylic acid groups (broad SMARTS) is 3. The van der Waals surface area contributed by atoms with E-state index in [4.69, 9.17) is 15.9 Å². The summed E-state index contributed by atoms with van der Waals surface area (Å²) in [7, 11) is 0. The SMILES string of the molecule is CCC(C)C(NC(=O)C(CC(=O)O)NC(=O)C(NC(=O)C(N)CC(=O)O)C(C)O)C(=O)O. The van der Waals surface area contributed by atoms with Crippen LogP contribution in [0.1, 0.15) is 40.0 Å². The summed E-state index contributed by atoms with van der Waals surface area (Å²) in [5, 5.41) is 43.1. The molecule has 14 heteroatoms. The van der Waals surface area contributed by atoms with Crippen molar-refractivity contribution in [3.05, 3.63) is 0 Å². The molecule has 0 aromatic heterocycles. The number of rotatable bonds is 14. The first-order valence-electron chi connectivity index (χ1n) is 9.72. The maximum absolute atomic E-state index is 12.5. The smallest absolute Gasteiger partial charge is 0.326 e. The van der Waals surface area contributed by atoms with Crippen LogP contribution in [-0.2, 0) is 28.8 Å². The van der Waals surface area contributed by atoms with E-state index < -0.39 is 84.7 Å². The third-order valence-electron chi connectivity index (χ3n) is 4.58. The van der Waals surface area contributed by atoms with Crippen molar-refractivity contribution in [3.8, 4) is 0 Å². The quantitative estimate of drug-likeness (QED) is 0.131. The molecule has 0 saturated carbocycles. The fraction of sp³-hybridized carbons (Fsp3) is 0.667. The molecule has 0 aromatic carbocycles. The second-order valence-corrected chi connectivity index (χ2v) is 7.30. The molecule has 0 heterocycles. The summed E-state index contributed by atoms with van der Waals surface area (Å²) in [4.78, 5) is 70.3. The summed E-state index contributed by atoms with van der Waals surface area (Å²) in [6.45, 7) is 4.36. The Balaban J connectivity index is 5.51. The van der Waals surface area contributed by atoms with Gasteiger partial charge in [-0.05, 0) is 12.8 Å². The minimum absolute atomic E-state index is 0.389. The molecule has 0 saturated heterocycles. The number of hydrogen-bond donors (Lipinski definition) is 8. The Morgan fingerprint density at radius 3 is 1.69 bits per heavy atom. The first kappa shape index (κ1) is 28.7. The third-order valence-corrected chi connectivity index (χ3v) is 4.58. The van der Waals surface area contributed by atoms with E-state index in [0.717, 1.165) is 6.92 Å². The summed E-state index contributed by atoms with van der Waals surface area (Å²) >= 11 is 0. The fourth-order valence-electron chi connectivity index (χ4n) is 2.53. The first-order chi connectivity index (χ1) is 14.7. The lowest BCUT2D eigenvalue weighted by molar-refractivity contribution is -0.145. The lowest BCUT2D eigenvalue weighted by Gasteiger charge is -2.26. The molecular formula is C18H30N4O10. The van der Waals surface area contributed by atoms with Crippen LogP contribution in [0.15, 0.2) is 0 Å². The predicted octanol–water partition coefficient (Wildman–Crippen LogP) is -2.77. The largest absolute Gasteiger partial charge is 0.481 e. The van der Waals surface area contributed by atoms with Gasteiger partial charge >= 0.3 is 17.9 Å². The lowest BCUT2D eigenvalue weighted by atomic mass is 9.98. The highest BCUT2D eigenvalue weighted by molar-refractivity contribution is 5.96. The number of carbonyl (C=O) groups is 6. The number of nitrogens with one attached hydrogen (secondary N) is 3. The molecule has 0 radical (unpaired) electrons. The maximum Gasteiger partial charge on any atom is 0.326 e. The first-order valence-corrected chi connectivity index (χ1v) is 9.72. The summed E-state index contributed by atoms with van der Waals surface area (Å²) in [5.41, 5.74) is 5.40. The normalized spacial score (nSPS) is 16.4. The van der Waals surface area contributed by atoms with E-state index in [0.29, 0.717) is 6.42 Å². The molecule has 0 aliphatic heterocycles. The Bertz CT molecular complexity index is 727. The highest BCUT2D eigenvalue weighted by atomic mass is 16.4. The maximum atomic E-state index is 12.5. The summed E-state index contributed by atoms with van der Waals surface area (Å²) in [6, 6.07) is -6.30. The van der Waals surface area contributed by atoms with Crippen LogP contribution in [0.5, 0.6) is 0 Å². The van der Waals surface area contributed by atoms with Crippen molar-refractivity contribution in [2.45, 2.75) is 70.3 Å². The molecule has 0 bridgehead atoms. The van der Waals surface area contributed by atoms with Crippen molar-refractivity contribution in [2.24, 2.45) is 11.7 Å². The zero-order valence-electron chi connectivity index (χ0n) is 17.9. The van der Waals surface area contributed by atoms with Gasteiger partial charge in [0.1, 0.15) is 18.1 Å². The van der Waals surface area contributed by atoms with Crippen molar-refractivity contribution < 1.29 is 49.2 Å². The van der Waals surface area contributed by atoms with Crippen LogP contribution in [-0.4, -0.2) is 86.3 Å². The van der Waals surface area contributed by atoms with Crippen LogP contribution >= 0.6 is 0 Å². The standard InChI is InChI=1S/C18H30N4O10/c1-4-7(2)13(18(31)32)21-16(29)10(6-12(26)27)20-17(30)14(8(3)23)22-15(28)9(19)5-11(24)25/h7-10,13-14,23H,4-6,19H2,1-3H3,(H,20,30)(H,21,29)(H,22,28)(H,24,25)(H,26,27)(H,31,32). The van der Waals surface area contributed by atoms with E-state index in [1.165, 1.54) is 0 Å². The molecule has 3 amide bonds. The second kappa shape index (κ2) is 13.2. The van der Waals surface area contributed by atoms with Gasteiger partial charge in [-0.2, -0.15) is 0 Å². The summed E-state index contributed by atoms with van der Waals surface area (Å²) < 4.78 is 0. The molecule has 9 N–H and O–H groups in total. The minimum atomic E-state index is -1.73. The second-order valence-electron chi connectivity index (χ2n) is 7.30. The number of aliphatic carboxylic acids is 3. The molecule has 14 nitrogen and oxygen atoms in total. The van der Waals surface area contributed by atoms with E-state index in [9.17, 15) is 39.0 Å². The van der Waals surface area contributed by atoms with Crippen molar-refractivity contribution in [1.82, 2.24) is 16.0 Å². The highest BCUT2D eigenvalue weighted by Gasteiger charge is 2.34. The van der Waals surface area contributed by atoms with Crippen molar-refractivity contribution >= 4 is 35.6 Å². The Labute approximate surface area is 183 Å². The molecule has 6 atom stereocenters. The number of amides is 3. The average molecular weight is 462 g/mol. The number of carboxylic acids is 3. The van der Waals surface area contributed by atoms with Crippen molar-refractivity contribution in [3.63, 3.8) is 0 Å². The lowest BCUT2D eigenvalue weighted by Crippen LogP contribution is -2.60. The van der Waals surface area contributed by atoms with E-state index in [1.54, 1.807) is 13.8 Å². The van der Waals surface area contributed by atoms with Crippen LogP contribution in [0.2, 0.25) is 0 Å². The zero-order valence-corrected chi connectivity index (χ0v) is 17.9. The Morgan fingerprint density at radius 1 is 0.781 bits per heavy atom. The number of carbonyl (C=O) groups excluding carboxylic acids is 3. The molecule has 6 unspecified atom stereocenters. The third kappa shape index (κ3) is 9.70. The van der Waals surface area contributed by atoms with Crippen LogP contribution in [0.4, 0.5) is 0 Å². The highest BCUT2D eigenvalue weighted by Crippen LogP contribution is 2.09.